The average Bonchev–Trinajstić information content (AvgIpc) is 2.58. The van der Waals surface area contributed by atoms with Gasteiger partial charge in [0, 0.05) is 12.6 Å². The Hall–Kier alpha value is -1.76. The van der Waals surface area contributed by atoms with Crippen molar-refractivity contribution >= 4 is 10.0 Å². The maximum absolute atomic E-state index is 13.5. The first-order valence-electron chi connectivity index (χ1n) is 8.25. The zero-order chi connectivity index (χ0) is 18.2. The first-order chi connectivity index (χ1) is 11.8. The number of rotatable bonds is 3. The number of aryl methyl sites for hydroxylation is 2. The summed E-state index contributed by atoms with van der Waals surface area (Å²) in [6.45, 7) is 5.94. The summed E-state index contributed by atoms with van der Waals surface area (Å²) in [6.07, 6.45) is -0.312. The first kappa shape index (κ1) is 18.0. The van der Waals surface area contributed by atoms with Crippen LogP contribution in [0.2, 0.25) is 0 Å². The Labute approximate surface area is 148 Å². The van der Waals surface area contributed by atoms with Crippen LogP contribution >= 0.6 is 0 Å². The van der Waals surface area contributed by atoms with E-state index >= 15 is 0 Å². The van der Waals surface area contributed by atoms with Crippen molar-refractivity contribution in [3.8, 4) is 0 Å². The highest BCUT2D eigenvalue weighted by molar-refractivity contribution is 7.89. The van der Waals surface area contributed by atoms with Gasteiger partial charge in [0.2, 0.25) is 10.0 Å². The van der Waals surface area contributed by atoms with E-state index in [-0.39, 0.29) is 23.6 Å². The first-order valence-corrected chi connectivity index (χ1v) is 9.69. The van der Waals surface area contributed by atoms with E-state index in [0.717, 1.165) is 11.1 Å². The molecule has 2 atom stereocenters. The Balaban J connectivity index is 1.90. The van der Waals surface area contributed by atoms with Gasteiger partial charge < -0.3 is 4.74 Å². The highest BCUT2D eigenvalue weighted by atomic mass is 32.2. The Morgan fingerprint density at radius 1 is 1.12 bits per heavy atom. The van der Waals surface area contributed by atoms with Crippen LogP contribution in [0.25, 0.3) is 0 Å². The van der Waals surface area contributed by atoms with Gasteiger partial charge in [-0.05, 0) is 50.1 Å². The van der Waals surface area contributed by atoms with Crippen molar-refractivity contribution < 1.29 is 17.5 Å². The standard InChI is InChI=1S/C19H22FNO3S/c1-13-4-6-16(7-5-13)19-11-21(15(3)12-24-19)25(22,23)17-8-9-18(20)14(2)10-17/h4-10,15,19H,11-12H2,1-3H3. The summed E-state index contributed by atoms with van der Waals surface area (Å²) in [5.74, 6) is -0.411. The quantitative estimate of drug-likeness (QED) is 0.837. The number of hydrogen-bond acceptors (Lipinski definition) is 3. The lowest BCUT2D eigenvalue weighted by atomic mass is 10.1. The summed E-state index contributed by atoms with van der Waals surface area (Å²) in [5, 5.41) is 0. The zero-order valence-electron chi connectivity index (χ0n) is 14.6. The van der Waals surface area contributed by atoms with Crippen LogP contribution < -0.4 is 0 Å². The van der Waals surface area contributed by atoms with Crippen molar-refractivity contribution in [1.82, 2.24) is 4.31 Å². The van der Waals surface area contributed by atoms with Crippen LogP contribution in [0.5, 0.6) is 0 Å². The van der Waals surface area contributed by atoms with Gasteiger partial charge in [-0.15, -0.1) is 0 Å². The van der Waals surface area contributed by atoms with Gasteiger partial charge >= 0.3 is 0 Å². The third-order valence-electron chi connectivity index (χ3n) is 4.56. The van der Waals surface area contributed by atoms with Gasteiger partial charge in [-0.1, -0.05) is 29.8 Å². The fourth-order valence-electron chi connectivity index (χ4n) is 2.97. The molecule has 0 spiro atoms. The van der Waals surface area contributed by atoms with Crippen molar-refractivity contribution in [3.63, 3.8) is 0 Å². The number of hydrogen-bond donors (Lipinski definition) is 0. The smallest absolute Gasteiger partial charge is 0.243 e. The lowest BCUT2D eigenvalue weighted by Gasteiger charge is -2.37. The van der Waals surface area contributed by atoms with Crippen LogP contribution in [0.3, 0.4) is 0 Å². The van der Waals surface area contributed by atoms with Gasteiger partial charge in [0.1, 0.15) is 5.82 Å². The molecule has 4 nitrogen and oxygen atoms in total. The van der Waals surface area contributed by atoms with E-state index in [2.05, 4.69) is 0 Å². The van der Waals surface area contributed by atoms with Crippen LogP contribution in [-0.2, 0) is 14.8 Å². The molecule has 1 fully saturated rings. The molecule has 0 saturated carbocycles. The molecule has 1 heterocycles. The number of sulfonamides is 1. The molecule has 0 radical (unpaired) electrons. The summed E-state index contributed by atoms with van der Waals surface area (Å²) < 4.78 is 46.9. The average molecular weight is 363 g/mol. The highest BCUT2D eigenvalue weighted by Crippen LogP contribution is 2.30. The van der Waals surface area contributed by atoms with Gasteiger partial charge in [-0.2, -0.15) is 4.31 Å². The lowest BCUT2D eigenvalue weighted by Crippen LogP contribution is -2.48. The Kier molecular flexibility index (Phi) is 4.95. The van der Waals surface area contributed by atoms with Gasteiger partial charge in [-0.25, -0.2) is 12.8 Å². The molecule has 6 heteroatoms. The maximum atomic E-state index is 13.5. The number of benzene rings is 2. The van der Waals surface area contributed by atoms with Gasteiger partial charge in [0.05, 0.1) is 17.6 Å². The third-order valence-corrected chi connectivity index (χ3v) is 6.54. The van der Waals surface area contributed by atoms with Crippen LogP contribution in [0.15, 0.2) is 47.4 Å². The van der Waals surface area contributed by atoms with E-state index in [1.807, 2.05) is 38.1 Å². The van der Waals surface area contributed by atoms with Crippen molar-refractivity contribution in [1.29, 1.82) is 0 Å². The Morgan fingerprint density at radius 2 is 1.80 bits per heavy atom. The topological polar surface area (TPSA) is 46.6 Å². The van der Waals surface area contributed by atoms with Gasteiger partial charge in [0.25, 0.3) is 0 Å². The van der Waals surface area contributed by atoms with Crippen molar-refractivity contribution in [3.05, 3.63) is 65.0 Å². The molecule has 134 valence electrons. The molecule has 0 N–H and O–H groups in total. The summed E-state index contributed by atoms with van der Waals surface area (Å²) in [4.78, 5) is 0.114. The Morgan fingerprint density at radius 3 is 2.44 bits per heavy atom. The number of nitrogens with zero attached hydrogens (tertiary/aromatic N) is 1. The normalized spacial score (nSPS) is 22.1. The van der Waals surface area contributed by atoms with E-state index in [0.29, 0.717) is 12.2 Å². The molecular formula is C19H22FNO3S. The fourth-order valence-corrected chi connectivity index (χ4v) is 4.67. The van der Waals surface area contributed by atoms with E-state index in [9.17, 15) is 12.8 Å². The molecule has 1 aliphatic heterocycles. The van der Waals surface area contributed by atoms with Crippen LogP contribution in [0, 0.1) is 19.7 Å². The molecule has 1 saturated heterocycles. The summed E-state index contributed by atoms with van der Waals surface area (Å²) in [7, 11) is -3.71. The molecule has 0 aliphatic carbocycles. The van der Waals surface area contributed by atoms with Crippen molar-refractivity contribution in [2.75, 3.05) is 13.2 Å². The molecule has 2 aromatic carbocycles. The van der Waals surface area contributed by atoms with Crippen molar-refractivity contribution in [2.24, 2.45) is 0 Å². The monoisotopic (exact) mass is 363 g/mol. The zero-order valence-corrected chi connectivity index (χ0v) is 15.4. The molecule has 3 rings (SSSR count). The maximum Gasteiger partial charge on any atom is 0.243 e. The minimum absolute atomic E-state index is 0.114. The fraction of sp³-hybridized carbons (Fsp3) is 0.368. The highest BCUT2D eigenvalue weighted by Gasteiger charge is 2.36. The Bertz CT molecular complexity index is 865. The number of morpholine rings is 1. The van der Waals surface area contributed by atoms with Crippen LogP contribution in [-0.4, -0.2) is 31.9 Å². The minimum Gasteiger partial charge on any atom is -0.370 e. The second-order valence-electron chi connectivity index (χ2n) is 6.57. The molecule has 0 bridgehead atoms. The predicted molar refractivity (Wildman–Crippen MR) is 94.4 cm³/mol. The van der Waals surface area contributed by atoms with E-state index in [1.54, 1.807) is 6.92 Å². The van der Waals surface area contributed by atoms with Gasteiger partial charge in [-0.3, -0.25) is 0 Å². The largest absolute Gasteiger partial charge is 0.370 e. The van der Waals surface area contributed by atoms with Crippen LogP contribution in [0.1, 0.15) is 29.7 Å². The lowest BCUT2D eigenvalue weighted by molar-refractivity contribution is -0.0288. The van der Waals surface area contributed by atoms with E-state index in [4.69, 9.17) is 4.74 Å². The summed E-state index contributed by atoms with van der Waals surface area (Å²) in [5.41, 5.74) is 2.41. The third kappa shape index (κ3) is 3.61. The van der Waals surface area contributed by atoms with Gasteiger partial charge in [0.15, 0.2) is 0 Å². The number of halogens is 1. The second-order valence-corrected chi connectivity index (χ2v) is 8.46. The molecule has 0 aromatic heterocycles. The number of ether oxygens (including phenoxy) is 1. The summed E-state index contributed by atoms with van der Waals surface area (Å²) >= 11 is 0. The van der Waals surface area contributed by atoms with E-state index < -0.39 is 15.8 Å². The van der Waals surface area contributed by atoms with Crippen molar-refractivity contribution in [2.45, 2.75) is 37.8 Å². The second kappa shape index (κ2) is 6.86. The molecule has 25 heavy (non-hydrogen) atoms. The molecule has 0 amide bonds. The molecule has 1 aliphatic rings. The van der Waals surface area contributed by atoms with Crippen LogP contribution in [0.4, 0.5) is 4.39 Å². The SMILES string of the molecule is Cc1ccc(C2CN(S(=O)(=O)c3ccc(F)c(C)c3)C(C)CO2)cc1. The molecule has 2 aromatic rings. The minimum atomic E-state index is -3.71. The predicted octanol–water partition coefficient (Wildman–Crippen LogP) is 3.59. The molecule has 2 unspecified atom stereocenters. The van der Waals surface area contributed by atoms with E-state index in [1.165, 1.54) is 22.5 Å². The molecular weight excluding hydrogens is 341 g/mol. The summed E-state index contributed by atoms with van der Waals surface area (Å²) in [6, 6.07) is 11.5.